The van der Waals surface area contributed by atoms with Gasteiger partial charge in [0.1, 0.15) is 0 Å². The normalized spacial score (nSPS) is 20.4. The van der Waals surface area contributed by atoms with Crippen LogP contribution in [0.1, 0.15) is 40.9 Å². The molecule has 2 aliphatic heterocycles. The van der Waals surface area contributed by atoms with Crippen molar-refractivity contribution in [3.63, 3.8) is 0 Å². The van der Waals surface area contributed by atoms with Crippen LogP contribution in [0.4, 0.5) is 0 Å². The van der Waals surface area contributed by atoms with Crippen molar-refractivity contribution in [1.29, 1.82) is 0 Å². The van der Waals surface area contributed by atoms with Gasteiger partial charge in [-0.25, -0.2) is 0 Å². The number of rotatable bonds is 4. The van der Waals surface area contributed by atoms with E-state index >= 15 is 0 Å². The van der Waals surface area contributed by atoms with Crippen LogP contribution in [0.15, 0.2) is 54.6 Å². The van der Waals surface area contributed by atoms with E-state index in [-0.39, 0.29) is 11.3 Å². The van der Waals surface area contributed by atoms with E-state index in [2.05, 4.69) is 42.3 Å². The van der Waals surface area contributed by atoms with Gasteiger partial charge >= 0.3 is 0 Å². The van der Waals surface area contributed by atoms with E-state index < -0.39 is 0 Å². The number of morpholine rings is 1. The van der Waals surface area contributed by atoms with Crippen LogP contribution < -0.4 is 5.32 Å². The highest BCUT2D eigenvalue weighted by Crippen LogP contribution is 2.31. The van der Waals surface area contributed by atoms with Crippen LogP contribution >= 0.6 is 0 Å². The summed E-state index contributed by atoms with van der Waals surface area (Å²) in [7, 11) is 0. The van der Waals surface area contributed by atoms with Gasteiger partial charge in [0.2, 0.25) is 0 Å². The number of carbonyl (C=O) groups excluding carboxylic acids is 1. The number of carbonyl (C=O) groups is 1. The third-order valence-electron chi connectivity index (χ3n) is 5.41. The van der Waals surface area contributed by atoms with Crippen molar-refractivity contribution in [3.8, 4) is 0 Å². The van der Waals surface area contributed by atoms with E-state index in [0.717, 1.165) is 50.5 Å². The Morgan fingerprint density at radius 3 is 2.64 bits per heavy atom. The first-order valence-corrected chi connectivity index (χ1v) is 10.0. The second-order valence-electron chi connectivity index (χ2n) is 8.35. The van der Waals surface area contributed by atoms with E-state index in [0.29, 0.717) is 5.56 Å². The summed E-state index contributed by atoms with van der Waals surface area (Å²) in [6, 6.07) is 16.1. The molecule has 0 aliphatic carbocycles. The molecule has 0 aromatic heterocycles. The Balaban J connectivity index is 1.62. The van der Waals surface area contributed by atoms with Gasteiger partial charge in [-0.1, -0.05) is 48.5 Å². The van der Waals surface area contributed by atoms with Gasteiger partial charge in [0.05, 0.1) is 13.2 Å². The lowest BCUT2D eigenvalue weighted by Crippen LogP contribution is -2.44. The van der Waals surface area contributed by atoms with Gasteiger partial charge in [0.25, 0.3) is 0 Å². The molecule has 1 fully saturated rings. The van der Waals surface area contributed by atoms with E-state index in [4.69, 9.17) is 4.74 Å². The van der Waals surface area contributed by atoms with Gasteiger partial charge in [-0.2, -0.15) is 0 Å². The number of benzene rings is 2. The Bertz CT molecular complexity index is 881. The lowest BCUT2D eigenvalue weighted by Gasteiger charge is -2.36. The van der Waals surface area contributed by atoms with Gasteiger partial charge in [-0.05, 0) is 31.4 Å². The summed E-state index contributed by atoms with van der Waals surface area (Å²) in [5, 5.41) is 3.56. The predicted molar refractivity (Wildman–Crippen MR) is 112 cm³/mol. The zero-order chi connectivity index (χ0) is 19.6. The number of hydrogen-bond donors (Lipinski definition) is 1. The maximum Gasteiger partial charge on any atom is 0.187 e. The van der Waals surface area contributed by atoms with Gasteiger partial charge in [-0.3, -0.25) is 9.69 Å². The number of hydrogen-bond acceptors (Lipinski definition) is 4. The molecule has 1 N–H and O–H groups in total. The quantitative estimate of drug-likeness (QED) is 0.653. The number of nitrogens with one attached hydrogen (secondary N) is 1. The topological polar surface area (TPSA) is 41.6 Å². The van der Waals surface area contributed by atoms with Crippen LogP contribution in [-0.2, 0) is 17.7 Å². The average Bonchev–Trinajstić information content (AvgIpc) is 2.68. The number of ketones is 1. The molecule has 0 unspecified atom stereocenters. The third-order valence-corrected chi connectivity index (χ3v) is 5.41. The van der Waals surface area contributed by atoms with Gasteiger partial charge in [0.15, 0.2) is 5.78 Å². The highest BCUT2D eigenvalue weighted by atomic mass is 16.5. The molecule has 146 valence electrons. The van der Waals surface area contributed by atoms with Crippen molar-refractivity contribution in [2.24, 2.45) is 0 Å². The zero-order valence-corrected chi connectivity index (χ0v) is 16.7. The highest BCUT2D eigenvalue weighted by Gasteiger charge is 2.28. The van der Waals surface area contributed by atoms with E-state index in [1.54, 1.807) is 6.08 Å². The number of allylic oxidation sites excluding steroid dienone is 1. The Morgan fingerprint density at radius 1 is 1.14 bits per heavy atom. The number of fused-ring (bicyclic) bond motifs is 1. The van der Waals surface area contributed by atoms with Crippen LogP contribution in [0, 0.1) is 0 Å². The molecule has 0 radical (unpaired) electrons. The Morgan fingerprint density at radius 2 is 1.89 bits per heavy atom. The van der Waals surface area contributed by atoms with Crippen molar-refractivity contribution in [1.82, 2.24) is 10.2 Å². The first-order chi connectivity index (χ1) is 13.5. The Hall–Kier alpha value is -2.43. The summed E-state index contributed by atoms with van der Waals surface area (Å²) in [4.78, 5) is 15.2. The summed E-state index contributed by atoms with van der Waals surface area (Å²) < 4.78 is 5.45. The SMILES string of the molecule is CC1(C)Cc2cc(CN3CCOCC3)ccc2C(=CC(=O)c2ccccc2)N1. The fourth-order valence-electron chi connectivity index (χ4n) is 4.05. The van der Waals surface area contributed by atoms with Crippen LogP contribution in [0.5, 0.6) is 0 Å². The molecule has 2 aromatic carbocycles. The first-order valence-electron chi connectivity index (χ1n) is 10.0. The van der Waals surface area contributed by atoms with E-state index in [1.807, 2.05) is 30.3 Å². The third kappa shape index (κ3) is 4.34. The second-order valence-corrected chi connectivity index (χ2v) is 8.35. The summed E-state index contributed by atoms with van der Waals surface area (Å²) in [5.74, 6) is 0.0316. The molecule has 4 heteroatoms. The van der Waals surface area contributed by atoms with Crippen molar-refractivity contribution in [3.05, 3.63) is 76.9 Å². The molecule has 0 amide bonds. The maximum atomic E-state index is 12.7. The summed E-state index contributed by atoms with van der Waals surface area (Å²) in [6.45, 7) is 8.93. The minimum atomic E-state index is -0.0899. The van der Waals surface area contributed by atoms with E-state index in [1.165, 1.54) is 11.1 Å². The predicted octanol–water partition coefficient (Wildman–Crippen LogP) is 3.67. The monoisotopic (exact) mass is 376 g/mol. The maximum absolute atomic E-state index is 12.7. The fraction of sp³-hybridized carbons (Fsp3) is 0.375. The molecule has 2 aromatic rings. The van der Waals surface area contributed by atoms with Gasteiger partial charge in [0, 0.05) is 48.1 Å². The molecule has 4 nitrogen and oxygen atoms in total. The molecule has 28 heavy (non-hydrogen) atoms. The summed E-state index contributed by atoms with van der Waals surface area (Å²) >= 11 is 0. The van der Waals surface area contributed by atoms with Crippen LogP contribution in [0.25, 0.3) is 5.70 Å². The lowest BCUT2D eigenvalue weighted by molar-refractivity contribution is 0.0342. The molecule has 0 atom stereocenters. The summed E-state index contributed by atoms with van der Waals surface area (Å²) in [5.41, 5.74) is 5.31. The fourth-order valence-corrected chi connectivity index (χ4v) is 4.05. The smallest absolute Gasteiger partial charge is 0.187 e. The van der Waals surface area contributed by atoms with Gasteiger partial charge in [-0.15, -0.1) is 0 Å². The summed E-state index contributed by atoms with van der Waals surface area (Å²) in [6.07, 6.45) is 2.69. The molecular weight excluding hydrogens is 348 g/mol. The lowest BCUT2D eigenvalue weighted by atomic mass is 9.84. The molecule has 0 spiro atoms. The largest absolute Gasteiger partial charge is 0.379 e. The van der Waals surface area contributed by atoms with Crippen molar-refractivity contribution < 1.29 is 9.53 Å². The molecule has 2 aliphatic rings. The first kappa shape index (κ1) is 18.9. The molecule has 0 saturated carbocycles. The molecule has 1 saturated heterocycles. The minimum absolute atomic E-state index is 0.0316. The van der Waals surface area contributed by atoms with Crippen molar-refractivity contribution in [2.45, 2.75) is 32.4 Å². The molecule has 4 rings (SSSR count). The minimum Gasteiger partial charge on any atom is -0.379 e. The average molecular weight is 376 g/mol. The standard InChI is InChI=1S/C24H28N2O2/c1-24(2)16-20-14-18(17-26-10-12-28-13-11-26)8-9-21(20)22(25-24)15-23(27)19-6-4-3-5-7-19/h3-9,14-15,25H,10-13,16-17H2,1-2H3. The number of ether oxygens (including phenoxy) is 1. The molecule has 0 bridgehead atoms. The Labute approximate surface area is 167 Å². The van der Waals surface area contributed by atoms with Crippen LogP contribution in [-0.4, -0.2) is 42.5 Å². The molecular formula is C24H28N2O2. The molecule has 2 heterocycles. The highest BCUT2D eigenvalue weighted by molar-refractivity contribution is 6.08. The van der Waals surface area contributed by atoms with Crippen molar-refractivity contribution >= 4 is 11.5 Å². The second kappa shape index (κ2) is 7.90. The zero-order valence-electron chi connectivity index (χ0n) is 16.7. The van der Waals surface area contributed by atoms with Crippen molar-refractivity contribution in [2.75, 3.05) is 26.3 Å². The van der Waals surface area contributed by atoms with Crippen LogP contribution in [0.2, 0.25) is 0 Å². The van der Waals surface area contributed by atoms with E-state index in [9.17, 15) is 4.79 Å². The Kier molecular flexibility index (Phi) is 5.33. The number of nitrogens with zero attached hydrogens (tertiary/aromatic N) is 1. The van der Waals surface area contributed by atoms with Crippen LogP contribution in [0.3, 0.4) is 0 Å². The van der Waals surface area contributed by atoms with Gasteiger partial charge < -0.3 is 10.1 Å².